The van der Waals surface area contributed by atoms with Gasteiger partial charge in [0.1, 0.15) is 11.6 Å². The Morgan fingerprint density at radius 1 is 1.10 bits per heavy atom. The first-order valence-electron chi connectivity index (χ1n) is 10.4. The third-order valence-electron chi connectivity index (χ3n) is 5.47. The summed E-state index contributed by atoms with van der Waals surface area (Å²) in [6, 6.07) is 14.5. The number of piperazine rings is 1. The fraction of sp³-hybridized carbons (Fsp3) is 0.435. The van der Waals surface area contributed by atoms with E-state index in [9.17, 15) is 8.78 Å². The number of likely N-dealkylation sites (N-methyl/N-ethyl adjacent to an activating group) is 1. The smallest absolute Gasteiger partial charge is 0.191 e. The van der Waals surface area contributed by atoms with Crippen LogP contribution in [0.5, 0.6) is 0 Å². The number of nitrogens with one attached hydrogen (secondary N) is 2. The molecule has 31 heavy (non-hydrogen) atoms. The number of benzene rings is 2. The molecular weight excluding hydrogens is 511 g/mol. The highest BCUT2D eigenvalue weighted by Crippen LogP contribution is 2.24. The van der Waals surface area contributed by atoms with Crippen molar-refractivity contribution in [3.8, 4) is 0 Å². The predicted molar refractivity (Wildman–Crippen MR) is 133 cm³/mol. The fourth-order valence-electron chi connectivity index (χ4n) is 3.78. The quantitative estimate of drug-likeness (QED) is 0.243. The van der Waals surface area contributed by atoms with Crippen molar-refractivity contribution in [2.75, 3.05) is 46.8 Å². The van der Waals surface area contributed by atoms with Gasteiger partial charge in [-0.2, -0.15) is 0 Å². The van der Waals surface area contributed by atoms with Gasteiger partial charge in [-0.3, -0.25) is 9.89 Å². The van der Waals surface area contributed by atoms with Crippen molar-refractivity contribution in [1.29, 1.82) is 0 Å². The van der Waals surface area contributed by atoms with Crippen molar-refractivity contribution in [3.63, 3.8) is 0 Å². The van der Waals surface area contributed by atoms with Gasteiger partial charge < -0.3 is 15.5 Å². The van der Waals surface area contributed by atoms with Crippen LogP contribution in [0.1, 0.15) is 23.6 Å². The average molecular weight is 543 g/mol. The molecule has 0 amide bonds. The van der Waals surface area contributed by atoms with Crippen LogP contribution < -0.4 is 10.6 Å². The van der Waals surface area contributed by atoms with Crippen LogP contribution in [0, 0.1) is 11.6 Å². The Labute approximate surface area is 200 Å². The summed E-state index contributed by atoms with van der Waals surface area (Å²) < 4.78 is 27.1. The van der Waals surface area contributed by atoms with Gasteiger partial charge in [-0.25, -0.2) is 8.78 Å². The van der Waals surface area contributed by atoms with Gasteiger partial charge in [-0.1, -0.05) is 30.3 Å². The maximum absolute atomic E-state index is 13.8. The molecule has 0 aliphatic carbocycles. The molecule has 3 rings (SSSR count). The van der Waals surface area contributed by atoms with Crippen LogP contribution in [-0.4, -0.2) is 62.6 Å². The number of nitrogens with zero attached hydrogens (tertiary/aromatic N) is 3. The largest absolute Gasteiger partial charge is 0.356 e. The second-order valence-corrected chi connectivity index (χ2v) is 7.67. The van der Waals surface area contributed by atoms with Gasteiger partial charge in [0, 0.05) is 57.9 Å². The van der Waals surface area contributed by atoms with Crippen LogP contribution in [0.25, 0.3) is 0 Å². The number of halogens is 3. The van der Waals surface area contributed by atoms with E-state index in [1.54, 1.807) is 7.05 Å². The topological polar surface area (TPSA) is 42.9 Å². The van der Waals surface area contributed by atoms with E-state index in [0.29, 0.717) is 12.0 Å². The molecule has 2 aromatic rings. The molecule has 0 bridgehead atoms. The molecule has 2 aromatic carbocycles. The predicted octanol–water partition coefficient (Wildman–Crippen LogP) is 3.63. The van der Waals surface area contributed by atoms with Crippen molar-refractivity contribution >= 4 is 29.9 Å². The van der Waals surface area contributed by atoms with Crippen LogP contribution in [0.3, 0.4) is 0 Å². The third-order valence-corrected chi connectivity index (χ3v) is 5.47. The van der Waals surface area contributed by atoms with Gasteiger partial charge in [0.15, 0.2) is 5.96 Å². The van der Waals surface area contributed by atoms with E-state index in [2.05, 4.69) is 62.8 Å². The van der Waals surface area contributed by atoms with E-state index in [0.717, 1.165) is 51.3 Å². The van der Waals surface area contributed by atoms with E-state index < -0.39 is 11.6 Å². The fourth-order valence-corrected chi connectivity index (χ4v) is 3.78. The highest BCUT2D eigenvalue weighted by molar-refractivity contribution is 14.0. The molecule has 1 aliphatic heterocycles. The van der Waals surface area contributed by atoms with Crippen LogP contribution in [-0.2, 0) is 6.54 Å². The van der Waals surface area contributed by atoms with E-state index in [4.69, 9.17) is 0 Å². The summed E-state index contributed by atoms with van der Waals surface area (Å²) in [6.45, 7) is 5.05. The summed E-state index contributed by atoms with van der Waals surface area (Å²) in [5.41, 5.74) is 1.63. The molecule has 1 fully saturated rings. The summed E-state index contributed by atoms with van der Waals surface area (Å²) in [5.74, 6) is -0.297. The van der Waals surface area contributed by atoms with E-state index in [1.807, 2.05) is 0 Å². The van der Waals surface area contributed by atoms with Crippen molar-refractivity contribution in [2.45, 2.75) is 19.0 Å². The third kappa shape index (κ3) is 7.69. The molecule has 1 unspecified atom stereocenters. The number of guanidine groups is 1. The Balaban J connectivity index is 0.00000341. The van der Waals surface area contributed by atoms with E-state index in [1.165, 1.54) is 11.6 Å². The lowest BCUT2D eigenvalue weighted by Gasteiger charge is -2.40. The highest BCUT2D eigenvalue weighted by Gasteiger charge is 2.25. The minimum atomic E-state index is -0.448. The normalized spacial score (nSPS) is 17.8. The lowest BCUT2D eigenvalue weighted by atomic mass is 10.0. The van der Waals surface area contributed by atoms with Gasteiger partial charge >= 0.3 is 0 Å². The molecule has 170 valence electrons. The Morgan fingerprint density at radius 3 is 2.61 bits per heavy atom. The zero-order chi connectivity index (χ0) is 21.3. The molecule has 1 aliphatic rings. The van der Waals surface area contributed by atoms with Gasteiger partial charge in [-0.05, 0) is 37.2 Å². The Bertz CT molecular complexity index is 834. The lowest BCUT2D eigenvalue weighted by Crippen LogP contribution is -2.47. The summed E-state index contributed by atoms with van der Waals surface area (Å²) in [6.07, 6.45) is 0.960. The second kappa shape index (κ2) is 12.9. The summed E-state index contributed by atoms with van der Waals surface area (Å²) in [4.78, 5) is 9.09. The number of hydrogen-bond donors (Lipinski definition) is 2. The van der Waals surface area contributed by atoms with E-state index >= 15 is 0 Å². The van der Waals surface area contributed by atoms with Crippen molar-refractivity contribution in [2.24, 2.45) is 4.99 Å². The highest BCUT2D eigenvalue weighted by atomic mass is 127. The summed E-state index contributed by atoms with van der Waals surface area (Å²) in [5, 5.41) is 6.31. The standard InChI is InChI=1S/C23H31F2N5.HI/c1-26-23(28-16-19-15-20(24)9-10-21(19)25)27-11-6-12-30-14-13-29(2)17-22(30)18-7-4-3-5-8-18;/h3-5,7-10,15,22H,6,11-14,16-17H2,1-2H3,(H2,26,27,28);1H. The van der Waals surface area contributed by atoms with E-state index in [-0.39, 0.29) is 36.1 Å². The Kier molecular flexibility index (Phi) is 10.6. The molecule has 8 heteroatoms. The first kappa shape index (κ1) is 25.5. The second-order valence-electron chi connectivity index (χ2n) is 7.67. The Morgan fingerprint density at radius 2 is 1.87 bits per heavy atom. The lowest BCUT2D eigenvalue weighted by molar-refractivity contribution is 0.0891. The van der Waals surface area contributed by atoms with Crippen LogP contribution >= 0.6 is 24.0 Å². The minimum Gasteiger partial charge on any atom is -0.356 e. The van der Waals surface area contributed by atoms with Gasteiger partial charge in [0.25, 0.3) is 0 Å². The molecule has 0 saturated carbocycles. The van der Waals surface area contributed by atoms with Crippen LogP contribution in [0.15, 0.2) is 53.5 Å². The first-order chi connectivity index (χ1) is 14.6. The van der Waals surface area contributed by atoms with Crippen molar-refractivity contribution < 1.29 is 8.78 Å². The minimum absolute atomic E-state index is 0. The maximum Gasteiger partial charge on any atom is 0.191 e. The van der Waals surface area contributed by atoms with Crippen LogP contribution in [0.2, 0.25) is 0 Å². The van der Waals surface area contributed by atoms with Gasteiger partial charge in [-0.15, -0.1) is 24.0 Å². The molecule has 1 saturated heterocycles. The summed E-state index contributed by atoms with van der Waals surface area (Å²) >= 11 is 0. The zero-order valence-electron chi connectivity index (χ0n) is 18.2. The number of hydrogen-bond acceptors (Lipinski definition) is 3. The summed E-state index contributed by atoms with van der Waals surface area (Å²) in [7, 11) is 3.84. The number of aliphatic imine (C=N–C) groups is 1. The number of rotatable bonds is 7. The molecule has 0 aromatic heterocycles. The molecule has 0 spiro atoms. The molecular formula is C23H32F2IN5. The molecule has 5 nitrogen and oxygen atoms in total. The van der Waals surface area contributed by atoms with Crippen molar-refractivity contribution in [3.05, 3.63) is 71.3 Å². The molecule has 1 atom stereocenters. The van der Waals surface area contributed by atoms with Crippen molar-refractivity contribution in [1.82, 2.24) is 20.4 Å². The first-order valence-corrected chi connectivity index (χ1v) is 10.4. The maximum atomic E-state index is 13.8. The van der Waals surface area contributed by atoms with Gasteiger partial charge in [0.2, 0.25) is 0 Å². The molecule has 1 heterocycles. The SMILES string of the molecule is CN=C(NCCCN1CCN(C)CC1c1ccccc1)NCc1cc(F)ccc1F.I. The van der Waals surface area contributed by atoms with Crippen LogP contribution in [0.4, 0.5) is 8.78 Å². The zero-order valence-corrected chi connectivity index (χ0v) is 20.5. The molecule has 0 radical (unpaired) electrons. The average Bonchev–Trinajstić information content (AvgIpc) is 2.76. The monoisotopic (exact) mass is 543 g/mol. The Hall–Kier alpha value is -1.78. The van der Waals surface area contributed by atoms with Gasteiger partial charge in [0.05, 0.1) is 0 Å². The molecule has 2 N–H and O–H groups in total.